The van der Waals surface area contributed by atoms with Crippen LogP contribution in [0.15, 0.2) is 83.8 Å². The number of nitrogens with zero attached hydrogens (tertiary/aromatic N) is 2. The van der Waals surface area contributed by atoms with Gasteiger partial charge in [0, 0.05) is 24.6 Å². The van der Waals surface area contributed by atoms with Gasteiger partial charge in [0.2, 0.25) is 11.8 Å². The van der Waals surface area contributed by atoms with Gasteiger partial charge in [-0.15, -0.1) is 0 Å². The van der Waals surface area contributed by atoms with Crippen LogP contribution in [-0.4, -0.2) is 54.0 Å². The summed E-state index contributed by atoms with van der Waals surface area (Å²) >= 11 is 0. The van der Waals surface area contributed by atoms with Crippen molar-refractivity contribution >= 4 is 27.7 Å². The second-order valence-electron chi connectivity index (χ2n) is 9.45. The van der Waals surface area contributed by atoms with E-state index < -0.39 is 46.1 Å². The molecule has 1 aliphatic heterocycles. The van der Waals surface area contributed by atoms with Crippen LogP contribution in [0.4, 0.5) is 4.39 Å². The average molecular weight is 552 g/mol. The van der Waals surface area contributed by atoms with E-state index in [4.69, 9.17) is 0 Å². The van der Waals surface area contributed by atoms with Crippen molar-refractivity contribution in [2.24, 2.45) is 0 Å². The van der Waals surface area contributed by atoms with E-state index in [9.17, 15) is 27.2 Å². The molecular formula is C29H30FN3O5S. The lowest BCUT2D eigenvalue weighted by atomic mass is 10.0. The highest BCUT2D eigenvalue weighted by atomic mass is 32.2. The predicted octanol–water partition coefficient (Wildman–Crippen LogP) is 3.53. The van der Waals surface area contributed by atoms with Crippen LogP contribution in [0.3, 0.4) is 0 Å². The SMILES string of the molecule is CC[C@H](C)NC(=O)[C@H](Cc1ccccc1)N(Cc1ccccc1F)C(=O)CN1C(=O)c2ccccc2S1(=O)=O. The van der Waals surface area contributed by atoms with Gasteiger partial charge in [-0.1, -0.05) is 67.6 Å². The molecule has 0 bridgehead atoms. The van der Waals surface area contributed by atoms with Gasteiger partial charge in [0.1, 0.15) is 23.3 Å². The third-order valence-electron chi connectivity index (χ3n) is 6.76. The maximum Gasteiger partial charge on any atom is 0.269 e. The molecule has 0 unspecified atom stereocenters. The number of rotatable bonds is 10. The normalized spacial score (nSPS) is 15.4. The quantitative estimate of drug-likeness (QED) is 0.415. The molecule has 39 heavy (non-hydrogen) atoms. The third-order valence-corrected chi connectivity index (χ3v) is 8.55. The first-order chi connectivity index (χ1) is 18.6. The zero-order chi connectivity index (χ0) is 28.2. The van der Waals surface area contributed by atoms with Gasteiger partial charge >= 0.3 is 0 Å². The van der Waals surface area contributed by atoms with E-state index in [1.807, 2.05) is 19.9 Å². The van der Waals surface area contributed by atoms with Crippen LogP contribution in [-0.2, 0) is 32.6 Å². The summed E-state index contributed by atoms with van der Waals surface area (Å²) in [5.41, 5.74) is 0.880. The number of sulfonamides is 1. The van der Waals surface area contributed by atoms with Crippen molar-refractivity contribution < 1.29 is 27.2 Å². The molecule has 0 spiro atoms. The van der Waals surface area contributed by atoms with Gasteiger partial charge < -0.3 is 10.2 Å². The number of fused-ring (bicyclic) bond motifs is 1. The van der Waals surface area contributed by atoms with Crippen LogP contribution < -0.4 is 5.32 Å². The Morgan fingerprint density at radius 1 is 0.974 bits per heavy atom. The van der Waals surface area contributed by atoms with Crippen molar-refractivity contribution in [2.45, 2.75) is 50.2 Å². The Balaban J connectivity index is 1.73. The number of nitrogens with one attached hydrogen (secondary N) is 1. The Morgan fingerprint density at radius 2 is 1.62 bits per heavy atom. The van der Waals surface area contributed by atoms with E-state index in [-0.39, 0.29) is 35.0 Å². The molecule has 1 N–H and O–H groups in total. The highest BCUT2D eigenvalue weighted by Crippen LogP contribution is 2.30. The minimum Gasteiger partial charge on any atom is -0.352 e. The predicted molar refractivity (Wildman–Crippen MR) is 143 cm³/mol. The van der Waals surface area contributed by atoms with Crippen molar-refractivity contribution in [1.29, 1.82) is 0 Å². The van der Waals surface area contributed by atoms with Crippen LogP contribution in [0.2, 0.25) is 0 Å². The molecular weight excluding hydrogens is 521 g/mol. The largest absolute Gasteiger partial charge is 0.352 e. The number of amides is 3. The van der Waals surface area contributed by atoms with E-state index in [1.165, 1.54) is 42.5 Å². The first kappa shape index (κ1) is 28.0. The van der Waals surface area contributed by atoms with Gasteiger partial charge in [-0.2, -0.15) is 0 Å². The Morgan fingerprint density at radius 3 is 2.28 bits per heavy atom. The minimum absolute atomic E-state index is 0.0266. The molecule has 10 heteroatoms. The fourth-order valence-electron chi connectivity index (χ4n) is 4.41. The monoisotopic (exact) mass is 551 g/mol. The van der Waals surface area contributed by atoms with E-state index in [0.717, 1.165) is 10.5 Å². The van der Waals surface area contributed by atoms with E-state index in [2.05, 4.69) is 5.32 Å². The van der Waals surface area contributed by atoms with Crippen LogP contribution in [0.1, 0.15) is 41.8 Å². The van der Waals surface area contributed by atoms with Gasteiger partial charge in [0.05, 0.1) is 5.56 Å². The van der Waals surface area contributed by atoms with Crippen LogP contribution in [0.5, 0.6) is 0 Å². The molecule has 3 aromatic rings. The summed E-state index contributed by atoms with van der Waals surface area (Å²) < 4.78 is 41.5. The average Bonchev–Trinajstić information content (AvgIpc) is 3.12. The van der Waals surface area contributed by atoms with Crippen LogP contribution >= 0.6 is 0 Å². The molecule has 1 aliphatic rings. The molecule has 1 heterocycles. The molecule has 0 aliphatic carbocycles. The van der Waals surface area contributed by atoms with Crippen LogP contribution in [0, 0.1) is 5.82 Å². The Bertz CT molecular complexity index is 1480. The molecule has 0 aromatic heterocycles. The molecule has 0 radical (unpaired) electrons. The summed E-state index contributed by atoms with van der Waals surface area (Å²) in [4.78, 5) is 41.4. The molecule has 204 valence electrons. The van der Waals surface area contributed by atoms with Crippen molar-refractivity contribution in [2.75, 3.05) is 6.54 Å². The lowest BCUT2D eigenvalue weighted by molar-refractivity contribution is -0.141. The fourth-order valence-corrected chi connectivity index (χ4v) is 5.92. The number of carbonyl (C=O) groups is 3. The van der Waals surface area contributed by atoms with Gasteiger partial charge in [0.25, 0.3) is 15.9 Å². The summed E-state index contributed by atoms with van der Waals surface area (Å²) in [6, 6.07) is 19.3. The Labute approximate surface area is 227 Å². The van der Waals surface area contributed by atoms with Crippen LogP contribution in [0.25, 0.3) is 0 Å². The molecule has 8 nitrogen and oxygen atoms in total. The molecule has 0 fully saturated rings. The number of benzene rings is 3. The molecule has 2 atom stereocenters. The highest BCUT2D eigenvalue weighted by molar-refractivity contribution is 7.90. The Kier molecular flexibility index (Phi) is 8.44. The van der Waals surface area contributed by atoms with Gasteiger partial charge in [0.15, 0.2) is 0 Å². The van der Waals surface area contributed by atoms with Gasteiger partial charge in [-0.25, -0.2) is 17.1 Å². The first-order valence-corrected chi connectivity index (χ1v) is 14.1. The maximum atomic E-state index is 14.7. The lowest BCUT2D eigenvalue weighted by Gasteiger charge is -2.33. The molecule has 0 saturated heterocycles. The van der Waals surface area contributed by atoms with Gasteiger partial charge in [-0.05, 0) is 37.1 Å². The van der Waals surface area contributed by atoms with Crippen molar-refractivity contribution in [3.05, 3.63) is 101 Å². The minimum atomic E-state index is -4.27. The van der Waals surface area contributed by atoms with Gasteiger partial charge in [-0.3, -0.25) is 14.4 Å². The Hall–Kier alpha value is -4.05. The summed E-state index contributed by atoms with van der Waals surface area (Å²) in [6.45, 7) is 2.60. The standard InChI is InChI=1S/C29H30FN3O5S/c1-3-20(2)31-28(35)25(17-21-11-5-4-6-12-21)32(18-22-13-7-9-15-24(22)30)27(34)19-33-29(36)23-14-8-10-16-26(23)39(33,37)38/h4-16,20,25H,3,17-19H2,1-2H3,(H,31,35)/t20-,25-/m0/s1. The van der Waals surface area contributed by atoms with E-state index >= 15 is 0 Å². The number of carbonyl (C=O) groups excluding carboxylic acids is 3. The third kappa shape index (κ3) is 6.01. The van der Waals surface area contributed by atoms with Crippen molar-refractivity contribution in [3.8, 4) is 0 Å². The zero-order valence-electron chi connectivity index (χ0n) is 21.7. The molecule has 0 saturated carbocycles. The summed E-state index contributed by atoms with van der Waals surface area (Å²) in [5, 5.41) is 2.89. The zero-order valence-corrected chi connectivity index (χ0v) is 22.5. The number of halogens is 1. The van der Waals surface area contributed by atoms with E-state index in [0.29, 0.717) is 10.7 Å². The molecule has 3 amide bonds. The second kappa shape index (κ2) is 11.8. The van der Waals surface area contributed by atoms with Crippen molar-refractivity contribution in [1.82, 2.24) is 14.5 Å². The smallest absolute Gasteiger partial charge is 0.269 e. The maximum absolute atomic E-state index is 14.7. The topological polar surface area (TPSA) is 104 Å². The fraction of sp³-hybridized carbons (Fsp3) is 0.276. The first-order valence-electron chi connectivity index (χ1n) is 12.7. The van der Waals surface area contributed by atoms with E-state index in [1.54, 1.807) is 30.3 Å². The number of hydrogen-bond acceptors (Lipinski definition) is 5. The molecule has 3 aromatic carbocycles. The highest BCUT2D eigenvalue weighted by Gasteiger charge is 2.43. The molecule has 4 rings (SSSR count). The summed E-state index contributed by atoms with van der Waals surface area (Å²) in [7, 11) is -4.27. The second-order valence-corrected chi connectivity index (χ2v) is 11.3. The lowest BCUT2D eigenvalue weighted by Crippen LogP contribution is -2.54. The number of hydrogen-bond donors (Lipinski definition) is 1. The summed E-state index contributed by atoms with van der Waals surface area (Å²) in [6.07, 6.45) is 0.744. The summed E-state index contributed by atoms with van der Waals surface area (Å²) in [5.74, 6) is -2.66. The van der Waals surface area contributed by atoms with Crippen molar-refractivity contribution in [3.63, 3.8) is 0 Å².